The predicted octanol–water partition coefficient (Wildman–Crippen LogP) is 5.94. The topological polar surface area (TPSA) is 52.1 Å². The van der Waals surface area contributed by atoms with Crippen LogP contribution in [0.1, 0.15) is 26.7 Å². The monoisotopic (exact) mass is 450 g/mol. The Bertz CT molecular complexity index is 896. The summed E-state index contributed by atoms with van der Waals surface area (Å²) in [5, 5.41) is 3.59. The van der Waals surface area contributed by atoms with Crippen LogP contribution in [0.5, 0.6) is 0 Å². The van der Waals surface area contributed by atoms with Gasteiger partial charge < -0.3 is 4.74 Å². The molecular weight excluding hydrogens is 432 g/mol. The lowest BCUT2D eigenvalue weighted by atomic mass is 10.1. The quantitative estimate of drug-likeness (QED) is 0.192. The molecule has 0 saturated carbocycles. The number of ether oxygens (including phenoxy) is 1. The highest BCUT2D eigenvalue weighted by atomic mass is 79.9. The number of benzene rings is 1. The molecule has 0 saturated heterocycles. The van der Waals surface area contributed by atoms with Gasteiger partial charge in [-0.3, -0.25) is 4.79 Å². The Morgan fingerprint density at radius 2 is 2.08 bits per heavy atom. The molecule has 136 valence electrons. The van der Waals surface area contributed by atoms with Crippen molar-refractivity contribution in [2.45, 2.75) is 37.0 Å². The van der Waals surface area contributed by atoms with Crippen molar-refractivity contribution in [1.29, 1.82) is 0 Å². The van der Waals surface area contributed by atoms with Crippen LogP contribution in [-0.4, -0.2) is 27.8 Å². The van der Waals surface area contributed by atoms with Gasteiger partial charge in [0.2, 0.25) is 0 Å². The van der Waals surface area contributed by atoms with Gasteiger partial charge in [-0.05, 0) is 31.0 Å². The third-order valence-electron chi connectivity index (χ3n) is 3.85. The molecule has 1 atom stereocenters. The Kier molecular flexibility index (Phi) is 6.67. The van der Waals surface area contributed by atoms with E-state index in [0.717, 1.165) is 43.7 Å². The molecule has 26 heavy (non-hydrogen) atoms. The summed E-state index contributed by atoms with van der Waals surface area (Å²) in [6.07, 6.45) is 3.45. The zero-order valence-corrected chi connectivity index (χ0v) is 17.8. The second-order valence-corrected chi connectivity index (χ2v) is 8.90. The molecule has 3 aromatic rings. The Morgan fingerprint density at radius 1 is 1.31 bits per heavy atom. The lowest BCUT2D eigenvalue weighted by Gasteiger charge is -2.11. The number of aromatic nitrogens is 2. The van der Waals surface area contributed by atoms with Crippen LogP contribution < -0.4 is 0 Å². The van der Waals surface area contributed by atoms with E-state index in [1.807, 2.05) is 19.1 Å². The number of carbonyl (C=O) groups is 1. The zero-order valence-electron chi connectivity index (χ0n) is 14.6. The Hall–Kier alpha value is -1.44. The first-order valence-corrected chi connectivity index (χ1v) is 11.0. The van der Waals surface area contributed by atoms with Gasteiger partial charge in [-0.15, -0.1) is 11.3 Å². The molecule has 0 aliphatic heterocycles. The first kappa shape index (κ1) is 19.3. The van der Waals surface area contributed by atoms with Gasteiger partial charge in [-0.25, -0.2) is 9.97 Å². The Labute approximate surface area is 169 Å². The minimum atomic E-state index is -0.317. The molecule has 1 unspecified atom stereocenters. The molecule has 7 heteroatoms. The van der Waals surface area contributed by atoms with Crippen LogP contribution in [0.15, 0.2) is 45.5 Å². The third kappa shape index (κ3) is 4.45. The number of fused-ring (bicyclic) bond motifs is 1. The summed E-state index contributed by atoms with van der Waals surface area (Å²) in [6.45, 7) is 4.41. The Morgan fingerprint density at radius 3 is 2.81 bits per heavy atom. The van der Waals surface area contributed by atoms with E-state index in [0.29, 0.717) is 6.61 Å². The number of hydrogen-bond acceptors (Lipinski definition) is 6. The maximum atomic E-state index is 12.2. The summed E-state index contributed by atoms with van der Waals surface area (Å²) in [7, 11) is 0. The van der Waals surface area contributed by atoms with E-state index in [-0.39, 0.29) is 11.2 Å². The van der Waals surface area contributed by atoms with Gasteiger partial charge >= 0.3 is 5.97 Å². The second-order valence-electron chi connectivity index (χ2n) is 5.80. The van der Waals surface area contributed by atoms with E-state index < -0.39 is 0 Å². The van der Waals surface area contributed by atoms with Gasteiger partial charge in [-0.1, -0.05) is 53.2 Å². The number of unbranched alkanes of at least 4 members (excludes halogenated alkanes) is 1. The summed E-state index contributed by atoms with van der Waals surface area (Å²) in [6, 6.07) is 8.16. The van der Waals surface area contributed by atoms with E-state index in [2.05, 4.69) is 50.3 Å². The van der Waals surface area contributed by atoms with Crippen LogP contribution in [0.25, 0.3) is 21.3 Å². The summed E-state index contributed by atoms with van der Waals surface area (Å²) in [5.41, 5.74) is 2.20. The fraction of sp³-hybridized carbons (Fsp3) is 0.316. The van der Waals surface area contributed by atoms with Crippen molar-refractivity contribution in [3.05, 3.63) is 40.4 Å². The maximum Gasteiger partial charge on any atom is 0.319 e. The first-order valence-electron chi connectivity index (χ1n) is 8.41. The largest absolute Gasteiger partial charge is 0.465 e. The summed E-state index contributed by atoms with van der Waals surface area (Å²) in [5.74, 6) is -0.198. The molecule has 3 rings (SSSR count). The van der Waals surface area contributed by atoms with Crippen LogP contribution in [0.2, 0.25) is 0 Å². The summed E-state index contributed by atoms with van der Waals surface area (Å²) >= 11 is 6.48. The normalized spacial score (nSPS) is 12.3. The number of thiophene rings is 1. The lowest BCUT2D eigenvalue weighted by molar-refractivity contribution is -0.142. The molecule has 0 fully saturated rings. The highest BCUT2D eigenvalue weighted by Gasteiger charge is 2.20. The molecule has 0 spiro atoms. The molecule has 0 N–H and O–H groups in total. The average molecular weight is 451 g/mol. The van der Waals surface area contributed by atoms with Gasteiger partial charge in [0.05, 0.1) is 12.0 Å². The van der Waals surface area contributed by atoms with Crippen molar-refractivity contribution in [1.82, 2.24) is 9.97 Å². The highest BCUT2D eigenvalue weighted by Crippen LogP contribution is 2.39. The smallest absolute Gasteiger partial charge is 0.319 e. The number of rotatable bonds is 7. The van der Waals surface area contributed by atoms with Crippen LogP contribution in [0.4, 0.5) is 0 Å². The van der Waals surface area contributed by atoms with Crippen LogP contribution in [0, 0.1) is 0 Å². The van der Waals surface area contributed by atoms with Gasteiger partial charge in [-0.2, -0.15) is 0 Å². The molecule has 0 radical (unpaired) electrons. The zero-order chi connectivity index (χ0) is 18.5. The van der Waals surface area contributed by atoms with E-state index >= 15 is 0 Å². The number of halogens is 1. The SMILES string of the molecule is CCCCOC(=O)C(C)Sc1ncnc2scc(-c3ccc(Br)cc3)c12. The van der Waals surface area contributed by atoms with Crippen molar-refractivity contribution in [2.24, 2.45) is 0 Å². The fourth-order valence-electron chi connectivity index (χ4n) is 2.43. The molecular formula is C19H19BrN2O2S2. The summed E-state index contributed by atoms with van der Waals surface area (Å²) < 4.78 is 6.37. The number of hydrogen-bond donors (Lipinski definition) is 0. The van der Waals surface area contributed by atoms with Crippen molar-refractivity contribution in [2.75, 3.05) is 6.61 Å². The predicted molar refractivity (Wildman–Crippen MR) is 112 cm³/mol. The van der Waals surface area contributed by atoms with Gasteiger partial charge in [0.1, 0.15) is 21.4 Å². The minimum Gasteiger partial charge on any atom is -0.465 e. The number of thioether (sulfide) groups is 1. The number of nitrogens with zero attached hydrogens (tertiary/aromatic N) is 2. The van der Waals surface area contributed by atoms with Gasteiger partial charge in [0.15, 0.2) is 0 Å². The van der Waals surface area contributed by atoms with E-state index in [1.165, 1.54) is 11.8 Å². The molecule has 0 aliphatic carbocycles. The average Bonchev–Trinajstić information content (AvgIpc) is 3.07. The fourth-order valence-corrected chi connectivity index (χ4v) is 4.61. The van der Waals surface area contributed by atoms with Crippen LogP contribution >= 0.6 is 39.0 Å². The van der Waals surface area contributed by atoms with E-state index in [9.17, 15) is 4.79 Å². The molecule has 0 aliphatic rings. The molecule has 0 bridgehead atoms. The van der Waals surface area contributed by atoms with Crippen molar-refractivity contribution in [3.8, 4) is 11.1 Å². The van der Waals surface area contributed by atoms with E-state index in [1.54, 1.807) is 17.7 Å². The van der Waals surface area contributed by atoms with Crippen LogP contribution in [0.3, 0.4) is 0 Å². The number of carbonyl (C=O) groups excluding carboxylic acids is 1. The molecule has 4 nitrogen and oxygen atoms in total. The van der Waals surface area contributed by atoms with Crippen molar-refractivity contribution in [3.63, 3.8) is 0 Å². The molecule has 2 aromatic heterocycles. The lowest BCUT2D eigenvalue weighted by Crippen LogP contribution is -2.17. The minimum absolute atomic E-state index is 0.198. The molecule has 1 aromatic carbocycles. The standard InChI is InChI=1S/C19H19BrN2O2S2/c1-3-4-9-24-19(23)12(2)26-18-16-15(10-25-17(16)21-11-22-18)13-5-7-14(20)8-6-13/h5-8,10-12H,3-4,9H2,1-2H3. The van der Waals surface area contributed by atoms with Gasteiger partial charge in [0, 0.05) is 15.4 Å². The highest BCUT2D eigenvalue weighted by molar-refractivity contribution is 9.10. The first-order chi connectivity index (χ1) is 12.6. The molecule has 0 amide bonds. The maximum absolute atomic E-state index is 12.2. The number of esters is 1. The third-order valence-corrected chi connectivity index (χ3v) is 6.35. The second kappa shape index (κ2) is 8.97. The van der Waals surface area contributed by atoms with Crippen molar-refractivity contribution >= 4 is 55.2 Å². The Balaban J connectivity index is 1.88. The van der Waals surface area contributed by atoms with Gasteiger partial charge in [0.25, 0.3) is 0 Å². The van der Waals surface area contributed by atoms with Crippen LogP contribution in [-0.2, 0) is 9.53 Å². The molecule has 2 heterocycles. The summed E-state index contributed by atoms with van der Waals surface area (Å²) in [4.78, 5) is 22.0. The van der Waals surface area contributed by atoms with Crippen molar-refractivity contribution < 1.29 is 9.53 Å². The van der Waals surface area contributed by atoms with E-state index in [4.69, 9.17) is 4.74 Å².